The largest absolute Gasteiger partial charge is 0.494 e. The number of carbonyl (C=O) groups excluding carboxylic acids is 4. The highest BCUT2D eigenvalue weighted by Crippen LogP contribution is 2.52. The van der Waals surface area contributed by atoms with E-state index in [4.69, 9.17) is 64.3 Å². The van der Waals surface area contributed by atoms with Crippen LogP contribution in [0.25, 0.3) is 77.7 Å². The Bertz CT molecular complexity index is 7490. The van der Waals surface area contributed by atoms with Gasteiger partial charge < -0.3 is 84.2 Å². The molecule has 9 aromatic heterocycles. The number of methoxy groups -OCH3 is 3. The standard InChI is InChI=1S/2C31H28FN5O4.C29H28FN3O4.C22H28FN3O4.CH4/c2*1-30(37-17-34-35-18-37)16-41-29-23(30)15-26(36-28(29)19-6-8-22(32)9-7-19)31(2,39)11-10-24(38)21-13-20-5-4-12-33-27(20)25(14-21)40-3;1-28(31)16-37-27-21(28)15-24(33-26(27)17-6-8-20(30)9-7-17)29(2,35)11-10-22(34)19-13-18-5-4-12-32-25(18)23(14-19)36-3;1-20(2,3)30-19(27)26-21(4)12-29-18-15(21)10-16(22(5,28)11-24)25-17(18)13-6-8-14(23)9-7-13;/h2*4-9,12-15,17-18,39H,10-11,16H2,1-3H3;4-9,12-15,35H,10-11,16,31H2,1-3H3;6-10,28H,11-12,24H2,1-5H3,(H,26,27);1H4/t2*30-,31-;28-,29-;21-,22-;/m0000./s1. The number of nitrogens with two attached hydrogens (primary N) is 2. The van der Waals surface area contributed by atoms with Crippen molar-refractivity contribution in [3.63, 3.8) is 0 Å². The summed E-state index contributed by atoms with van der Waals surface area (Å²) in [4.78, 5) is 84.2. The fourth-order valence-electron chi connectivity index (χ4n) is 18.2. The lowest BCUT2D eigenvalue weighted by molar-refractivity contribution is 0.0395. The Morgan fingerprint density at radius 1 is 0.400 bits per heavy atom. The number of nitrogens with one attached hydrogen (secondary N) is 1. The highest BCUT2D eigenvalue weighted by Gasteiger charge is 2.48. The predicted molar refractivity (Wildman–Crippen MR) is 554 cm³/mol. The monoisotopic (exact) mass is 2040 g/mol. The molecule has 0 saturated carbocycles. The zero-order chi connectivity index (χ0) is 106. The third kappa shape index (κ3) is 22.1. The molecule has 4 aliphatic heterocycles. The summed E-state index contributed by atoms with van der Waals surface area (Å²) < 4.78 is 104. The summed E-state index contributed by atoms with van der Waals surface area (Å²) in [6.45, 7) is 20.3. The molecule has 32 nitrogen and oxygen atoms in total. The molecule has 13 heterocycles. The third-order valence-electron chi connectivity index (χ3n) is 27.3. The number of carbonyl (C=O) groups is 4. The van der Waals surface area contributed by atoms with Crippen molar-refractivity contribution in [1.29, 1.82) is 0 Å². The number of amides is 1. The van der Waals surface area contributed by atoms with Gasteiger partial charge in [0.1, 0.15) is 176 Å². The fourth-order valence-corrected chi connectivity index (χ4v) is 18.2. The minimum Gasteiger partial charge on any atom is -0.494 e. The minimum absolute atomic E-state index is 0. The molecular weight excluding hydrogens is 1930 g/mol. The van der Waals surface area contributed by atoms with E-state index in [0.717, 1.165) is 27.3 Å². The molecule has 0 unspecified atom stereocenters. The fraction of sp³-hybridized carbons (Fsp3) is 0.307. The predicted octanol–water partition coefficient (Wildman–Crippen LogP) is 18.8. The maximum atomic E-state index is 13.8. The molecule has 16 aromatic rings. The number of aliphatic hydroxyl groups is 4. The van der Waals surface area contributed by atoms with Gasteiger partial charge in [-0.2, -0.15) is 0 Å². The average molecular weight is 2040 g/mol. The second kappa shape index (κ2) is 42.3. The Labute approximate surface area is 862 Å². The maximum Gasteiger partial charge on any atom is 0.408 e. The Kier molecular flexibility index (Phi) is 30.1. The summed E-state index contributed by atoms with van der Waals surface area (Å²) in [6, 6.07) is 52.1. The van der Waals surface area contributed by atoms with Crippen molar-refractivity contribution in [3.8, 4) is 85.3 Å². The number of Topliss-reactive ketones (excluding diaryl/α,β-unsaturated/α-hetero) is 3. The second-order valence-corrected chi connectivity index (χ2v) is 40.1. The van der Waals surface area contributed by atoms with Gasteiger partial charge in [-0.3, -0.25) is 29.3 Å². The number of halogens is 4. The number of nitrogens with zero attached hydrogens (tertiary/aromatic N) is 13. The van der Waals surface area contributed by atoms with Crippen molar-refractivity contribution in [2.24, 2.45) is 11.5 Å². The molecule has 1 amide bonds. The van der Waals surface area contributed by atoms with Crippen molar-refractivity contribution in [1.82, 2.24) is 69.7 Å². The molecule has 36 heteroatoms. The number of ether oxygens (including phenoxy) is 8. The van der Waals surface area contributed by atoms with Crippen LogP contribution in [0, 0.1) is 23.3 Å². The van der Waals surface area contributed by atoms with Gasteiger partial charge in [0.2, 0.25) is 0 Å². The first-order valence-corrected chi connectivity index (χ1v) is 48.1. The summed E-state index contributed by atoms with van der Waals surface area (Å²) in [5.41, 5.74) is 14.9. The molecule has 20 rings (SSSR count). The summed E-state index contributed by atoms with van der Waals surface area (Å²) in [6.07, 6.45) is 11.4. The molecule has 8 atom stereocenters. The van der Waals surface area contributed by atoms with E-state index in [1.807, 2.05) is 60.2 Å². The van der Waals surface area contributed by atoms with E-state index < -0.39 is 56.3 Å². The van der Waals surface area contributed by atoms with Gasteiger partial charge in [0.05, 0.1) is 49.6 Å². The first kappa shape index (κ1) is 107. The molecule has 0 saturated heterocycles. The van der Waals surface area contributed by atoms with Crippen molar-refractivity contribution in [2.75, 3.05) is 54.3 Å². The van der Waals surface area contributed by atoms with E-state index in [0.29, 0.717) is 166 Å². The van der Waals surface area contributed by atoms with Crippen LogP contribution in [0.2, 0.25) is 0 Å². The molecule has 0 aliphatic carbocycles. The molecule has 0 fully saturated rings. The van der Waals surface area contributed by atoms with Crippen LogP contribution in [-0.4, -0.2) is 168 Å². The SMILES string of the molecule is C.CC(C)(C)OC(=O)N[C@@]1(C)COc2c1cc([C@@](C)(O)CN)nc2-c1ccc(F)cc1.COc1cc(C(=O)CC[C@](C)(O)c2cc3c(c(-c4ccc(F)cc4)n2)OC[C@]3(C)N)cc2cccnc12.COc1cc(C(=O)CC[C@](C)(O)c2cc3c(c(-c4ccc(F)cc4)n2)OC[C@]3(C)n2cnnc2)cc2cccnc12.COc1cc(C(=O)CC[C@](C)(O)c2cc3c(c(-c4ccc(F)cc4)n2)OC[C@]3(C)n2cnnc2)cc2cccnc12. The smallest absolute Gasteiger partial charge is 0.408 e. The number of ketones is 3. The molecule has 776 valence electrons. The maximum absolute atomic E-state index is 13.8. The normalized spacial score (nSPS) is 18.1. The number of pyridine rings is 7. The van der Waals surface area contributed by atoms with Crippen LogP contribution in [0.5, 0.6) is 40.2 Å². The number of fused-ring (bicyclic) bond motifs is 7. The zero-order valence-corrected chi connectivity index (χ0v) is 84.5. The van der Waals surface area contributed by atoms with Gasteiger partial charge in [0.15, 0.2) is 40.3 Å². The average Bonchev–Trinajstić information content (AvgIpc) is 1.58. The lowest BCUT2D eigenvalue weighted by atomic mass is 9.87. The van der Waals surface area contributed by atoms with E-state index in [1.165, 1.54) is 69.9 Å². The van der Waals surface area contributed by atoms with E-state index >= 15 is 0 Å². The Balaban J connectivity index is 0.000000143. The van der Waals surface area contributed by atoms with Crippen LogP contribution in [0.4, 0.5) is 22.4 Å². The molecule has 9 N–H and O–H groups in total. The Hall–Kier alpha value is -16.0. The van der Waals surface area contributed by atoms with Gasteiger partial charge in [0, 0.05) is 122 Å². The van der Waals surface area contributed by atoms with Gasteiger partial charge in [0.25, 0.3) is 0 Å². The summed E-state index contributed by atoms with van der Waals surface area (Å²) in [5, 5.41) is 66.7. The number of hydrogen-bond donors (Lipinski definition) is 7. The van der Waals surface area contributed by atoms with E-state index in [9.17, 15) is 57.2 Å². The van der Waals surface area contributed by atoms with Crippen LogP contribution in [0.3, 0.4) is 0 Å². The van der Waals surface area contributed by atoms with Crippen LogP contribution in [0.1, 0.15) is 198 Å². The van der Waals surface area contributed by atoms with Gasteiger partial charge in [-0.25, -0.2) is 42.3 Å². The van der Waals surface area contributed by atoms with E-state index in [2.05, 4.69) is 45.6 Å². The van der Waals surface area contributed by atoms with E-state index in [1.54, 1.807) is 215 Å². The Morgan fingerprint density at radius 2 is 0.687 bits per heavy atom. The topological polar surface area (TPSA) is 439 Å². The molecular formula is C114H116F4N16O16. The molecule has 7 aromatic carbocycles. The first-order valence-electron chi connectivity index (χ1n) is 48.1. The highest BCUT2D eigenvalue weighted by molar-refractivity contribution is 6.03. The van der Waals surface area contributed by atoms with Crippen molar-refractivity contribution in [3.05, 3.63) is 323 Å². The van der Waals surface area contributed by atoms with Crippen molar-refractivity contribution >= 4 is 56.2 Å². The third-order valence-corrected chi connectivity index (χ3v) is 27.3. The van der Waals surface area contributed by atoms with Crippen LogP contribution < -0.4 is 49.9 Å². The highest BCUT2D eigenvalue weighted by atomic mass is 19.1. The number of alkyl carbamates (subject to hydrolysis) is 1. The number of rotatable bonds is 27. The molecule has 4 aliphatic rings. The van der Waals surface area contributed by atoms with Gasteiger partial charge in [-0.1, -0.05) is 25.6 Å². The number of hydrogen-bond acceptors (Lipinski definition) is 29. The lowest BCUT2D eigenvalue weighted by Gasteiger charge is -2.28. The second-order valence-electron chi connectivity index (χ2n) is 40.1. The number of benzene rings is 7. The summed E-state index contributed by atoms with van der Waals surface area (Å²) >= 11 is 0. The van der Waals surface area contributed by atoms with Crippen LogP contribution in [-0.2, 0) is 49.3 Å². The van der Waals surface area contributed by atoms with Crippen LogP contribution >= 0.6 is 0 Å². The summed E-state index contributed by atoms with van der Waals surface area (Å²) in [5.74, 6) is 1.67. The van der Waals surface area contributed by atoms with Crippen molar-refractivity contribution < 1.29 is 95.1 Å². The molecule has 0 spiro atoms. The first-order chi connectivity index (χ1) is 70.8. The molecule has 0 radical (unpaired) electrons. The quantitative estimate of drug-likeness (QED) is 0.0186. The zero-order valence-electron chi connectivity index (χ0n) is 84.5. The van der Waals surface area contributed by atoms with Crippen molar-refractivity contribution in [2.45, 2.75) is 172 Å². The summed E-state index contributed by atoms with van der Waals surface area (Å²) in [7, 11) is 4.62. The Morgan fingerprint density at radius 3 is 1.00 bits per heavy atom. The number of aromatic nitrogens is 13. The van der Waals surface area contributed by atoms with Gasteiger partial charge in [-0.05, 0) is 271 Å². The van der Waals surface area contributed by atoms with Gasteiger partial charge >= 0.3 is 6.09 Å². The van der Waals surface area contributed by atoms with Crippen LogP contribution in [0.15, 0.2) is 238 Å². The van der Waals surface area contributed by atoms with E-state index in [-0.39, 0.29) is 106 Å². The minimum atomic E-state index is -1.47. The molecule has 0 bridgehead atoms. The lowest BCUT2D eigenvalue weighted by Crippen LogP contribution is -2.47. The van der Waals surface area contributed by atoms with Gasteiger partial charge in [-0.15, -0.1) is 20.4 Å². The molecule has 150 heavy (non-hydrogen) atoms.